The summed E-state index contributed by atoms with van der Waals surface area (Å²) >= 11 is 1.62. The third kappa shape index (κ3) is 4.10. The zero-order valence-electron chi connectivity index (χ0n) is 13.4. The minimum Gasteiger partial charge on any atom is -0.480 e. The van der Waals surface area contributed by atoms with Gasteiger partial charge in [-0.05, 0) is 30.7 Å². The Morgan fingerprint density at radius 3 is 2.68 bits per heavy atom. The normalized spacial score (nSPS) is 10.6. The van der Waals surface area contributed by atoms with Gasteiger partial charge in [0.1, 0.15) is 23.5 Å². The highest BCUT2D eigenvalue weighted by Gasteiger charge is 2.08. The van der Waals surface area contributed by atoms with Crippen molar-refractivity contribution in [1.82, 2.24) is 15.3 Å². The Hall–Kier alpha value is -3.00. The number of aromatic nitrogens is 2. The number of benzene rings is 1. The standard InChI is InChI=1S/C17H16N4O3S/c1-10-6-13-15(20-9-21-17(13)25-10)18-7-11-2-4-12(5-3-11)16(24)19-8-14(22)23/h2-6,9H,7-8H2,1H3,(H,19,24)(H,22,23)(H,18,20,21). The SMILES string of the molecule is Cc1cc2c(NCc3ccc(C(=O)NCC(=O)O)cc3)ncnc2s1. The highest BCUT2D eigenvalue weighted by molar-refractivity contribution is 7.18. The highest BCUT2D eigenvalue weighted by atomic mass is 32.1. The highest BCUT2D eigenvalue weighted by Crippen LogP contribution is 2.27. The molecule has 1 amide bonds. The van der Waals surface area contributed by atoms with Crippen molar-refractivity contribution < 1.29 is 14.7 Å². The fraction of sp³-hybridized carbons (Fsp3) is 0.176. The van der Waals surface area contributed by atoms with E-state index in [1.54, 1.807) is 23.5 Å². The lowest BCUT2D eigenvalue weighted by Crippen LogP contribution is -2.29. The van der Waals surface area contributed by atoms with Crippen LogP contribution in [0.1, 0.15) is 20.8 Å². The Balaban J connectivity index is 1.65. The van der Waals surface area contributed by atoms with E-state index >= 15 is 0 Å². The smallest absolute Gasteiger partial charge is 0.322 e. The Morgan fingerprint density at radius 2 is 1.96 bits per heavy atom. The molecule has 25 heavy (non-hydrogen) atoms. The van der Waals surface area contributed by atoms with Crippen molar-refractivity contribution in [3.05, 3.63) is 52.7 Å². The summed E-state index contributed by atoms with van der Waals surface area (Å²) in [5.41, 5.74) is 1.40. The van der Waals surface area contributed by atoms with Crippen LogP contribution in [0.3, 0.4) is 0 Å². The van der Waals surface area contributed by atoms with Crippen molar-refractivity contribution in [2.45, 2.75) is 13.5 Å². The fourth-order valence-corrected chi connectivity index (χ4v) is 3.18. The van der Waals surface area contributed by atoms with E-state index in [0.29, 0.717) is 12.1 Å². The number of aryl methyl sites for hydroxylation is 1. The van der Waals surface area contributed by atoms with Gasteiger partial charge in [-0.2, -0.15) is 0 Å². The molecule has 0 bridgehead atoms. The van der Waals surface area contributed by atoms with Gasteiger partial charge in [0.2, 0.25) is 0 Å². The maximum Gasteiger partial charge on any atom is 0.322 e. The van der Waals surface area contributed by atoms with E-state index in [9.17, 15) is 9.59 Å². The molecule has 0 aliphatic rings. The molecule has 7 nitrogen and oxygen atoms in total. The van der Waals surface area contributed by atoms with Crippen molar-refractivity contribution in [2.75, 3.05) is 11.9 Å². The minimum atomic E-state index is -1.07. The molecule has 2 heterocycles. The molecule has 0 aliphatic heterocycles. The van der Waals surface area contributed by atoms with Gasteiger partial charge in [0.15, 0.2) is 0 Å². The van der Waals surface area contributed by atoms with Crippen LogP contribution < -0.4 is 10.6 Å². The zero-order chi connectivity index (χ0) is 17.8. The second-order valence-electron chi connectivity index (χ2n) is 5.43. The maximum atomic E-state index is 11.8. The van der Waals surface area contributed by atoms with Crippen LogP contribution >= 0.6 is 11.3 Å². The zero-order valence-corrected chi connectivity index (χ0v) is 14.3. The average molecular weight is 356 g/mol. The van der Waals surface area contributed by atoms with Gasteiger partial charge in [-0.25, -0.2) is 9.97 Å². The van der Waals surface area contributed by atoms with Gasteiger partial charge >= 0.3 is 5.97 Å². The molecule has 3 rings (SSSR count). The number of hydrogen-bond donors (Lipinski definition) is 3. The number of hydrogen-bond acceptors (Lipinski definition) is 6. The summed E-state index contributed by atoms with van der Waals surface area (Å²) in [5, 5.41) is 15.2. The first-order valence-electron chi connectivity index (χ1n) is 7.57. The van der Waals surface area contributed by atoms with Crippen molar-refractivity contribution in [3.8, 4) is 0 Å². The lowest BCUT2D eigenvalue weighted by Gasteiger charge is -2.07. The molecule has 0 atom stereocenters. The summed E-state index contributed by atoms with van der Waals surface area (Å²) in [6, 6.07) is 9.02. The number of carbonyl (C=O) groups is 2. The van der Waals surface area contributed by atoms with Crippen LogP contribution in [-0.4, -0.2) is 33.5 Å². The Morgan fingerprint density at radius 1 is 1.20 bits per heavy atom. The molecule has 8 heteroatoms. The molecule has 0 saturated carbocycles. The van der Waals surface area contributed by atoms with Crippen LogP contribution in [0.4, 0.5) is 5.82 Å². The summed E-state index contributed by atoms with van der Waals surface area (Å²) in [6.07, 6.45) is 1.54. The first kappa shape index (κ1) is 16.8. The van der Waals surface area contributed by atoms with Gasteiger partial charge in [-0.1, -0.05) is 12.1 Å². The van der Waals surface area contributed by atoms with Crippen LogP contribution in [0.15, 0.2) is 36.7 Å². The molecule has 0 aliphatic carbocycles. The summed E-state index contributed by atoms with van der Waals surface area (Å²) in [5.74, 6) is -0.709. The Labute approximate surface area is 147 Å². The average Bonchev–Trinajstić information content (AvgIpc) is 2.99. The summed E-state index contributed by atoms with van der Waals surface area (Å²) < 4.78 is 0. The van der Waals surface area contributed by atoms with E-state index in [2.05, 4.69) is 26.7 Å². The van der Waals surface area contributed by atoms with E-state index in [-0.39, 0.29) is 0 Å². The van der Waals surface area contributed by atoms with Crippen molar-refractivity contribution in [1.29, 1.82) is 0 Å². The monoisotopic (exact) mass is 356 g/mol. The molecular formula is C17H16N4O3S. The molecule has 128 valence electrons. The largest absolute Gasteiger partial charge is 0.480 e. The van der Waals surface area contributed by atoms with Gasteiger partial charge < -0.3 is 15.7 Å². The van der Waals surface area contributed by atoms with Crippen molar-refractivity contribution in [3.63, 3.8) is 0 Å². The number of aliphatic carboxylic acids is 1. The number of carboxylic acids is 1. The first-order valence-corrected chi connectivity index (χ1v) is 8.38. The molecular weight excluding hydrogens is 340 g/mol. The summed E-state index contributed by atoms with van der Waals surface area (Å²) in [4.78, 5) is 32.9. The minimum absolute atomic E-state index is 0.397. The molecule has 2 aromatic heterocycles. The quantitative estimate of drug-likeness (QED) is 0.627. The number of amides is 1. The molecule has 3 N–H and O–H groups in total. The molecule has 0 fully saturated rings. The predicted octanol–water partition coefficient (Wildman–Crippen LogP) is 2.43. The van der Waals surface area contributed by atoms with Gasteiger partial charge in [0.25, 0.3) is 5.91 Å². The molecule has 0 radical (unpaired) electrons. The molecule has 0 saturated heterocycles. The predicted molar refractivity (Wildman–Crippen MR) is 95.9 cm³/mol. The van der Waals surface area contributed by atoms with Crippen LogP contribution in [0.25, 0.3) is 10.2 Å². The van der Waals surface area contributed by atoms with E-state index in [0.717, 1.165) is 21.6 Å². The van der Waals surface area contributed by atoms with Crippen molar-refractivity contribution >= 4 is 39.2 Å². The Kier molecular flexibility index (Phi) is 4.90. The molecule has 0 spiro atoms. The number of fused-ring (bicyclic) bond motifs is 1. The van der Waals surface area contributed by atoms with Crippen molar-refractivity contribution in [2.24, 2.45) is 0 Å². The second-order valence-corrected chi connectivity index (χ2v) is 6.66. The van der Waals surface area contributed by atoms with E-state index in [1.807, 2.05) is 19.1 Å². The number of carboxylic acid groups (broad SMARTS) is 1. The lowest BCUT2D eigenvalue weighted by atomic mass is 10.1. The number of carbonyl (C=O) groups excluding carboxylic acids is 1. The van der Waals surface area contributed by atoms with Gasteiger partial charge in [-0.15, -0.1) is 11.3 Å². The maximum absolute atomic E-state index is 11.8. The van der Waals surface area contributed by atoms with E-state index in [4.69, 9.17) is 5.11 Å². The Bertz CT molecular complexity index is 921. The van der Waals surface area contributed by atoms with E-state index in [1.165, 1.54) is 11.2 Å². The summed E-state index contributed by atoms with van der Waals surface area (Å²) in [7, 11) is 0. The number of nitrogens with one attached hydrogen (secondary N) is 2. The third-order valence-corrected chi connectivity index (χ3v) is 4.49. The number of thiophene rings is 1. The second kappa shape index (κ2) is 7.27. The van der Waals surface area contributed by atoms with E-state index < -0.39 is 18.4 Å². The molecule has 3 aromatic rings. The fourth-order valence-electron chi connectivity index (χ4n) is 2.33. The lowest BCUT2D eigenvalue weighted by molar-refractivity contribution is -0.135. The van der Waals surface area contributed by atoms with Crippen LogP contribution in [0.2, 0.25) is 0 Å². The van der Waals surface area contributed by atoms with Gasteiger partial charge in [0, 0.05) is 17.0 Å². The van der Waals surface area contributed by atoms with Gasteiger partial charge in [-0.3, -0.25) is 9.59 Å². The first-order chi connectivity index (χ1) is 12.0. The summed E-state index contributed by atoms with van der Waals surface area (Å²) in [6.45, 7) is 2.19. The third-order valence-electron chi connectivity index (χ3n) is 3.53. The van der Waals surface area contributed by atoms with Crippen LogP contribution in [0, 0.1) is 6.92 Å². The van der Waals surface area contributed by atoms with Gasteiger partial charge in [0.05, 0.1) is 5.39 Å². The van der Waals surface area contributed by atoms with Crippen LogP contribution in [0.5, 0.6) is 0 Å². The number of nitrogens with zero attached hydrogens (tertiary/aromatic N) is 2. The number of anilines is 1. The molecule has 0 unspecified atom stereocenters. The van der Waals surface area contributed by atoms with Crippen LogP contribution in [-0.2, 0) is 11.3 Å². The topological polar surface area (TPSA) is 104 Å². The number of rotatable bonds is 6. The molecule has 1 aromatic carbocycles.